The van der Waals surface area contributed by atoms with Crippen molar-refractivity contribution in [3.05, 3.63) is 76.5 Å². The molecule has 4 aromatic rings. The number of ether oxygens (including phenoxy) is 1. The van der Waals surface area contributed by atoms with Gasteiger partial charge < -0.3 is 20.6 Å². The minimum atomic E-state index is -0.939. The Bertz CT molecular complexity index is 1500. The molecule has 2 aliphatic rings. The first-order chi connectivity index (χ1) is 18.9. The number of aromatic carboxylic acids is 1. The molecular weight excluding hydrogens is 555 g/mol. The first-order valence-corrected chi connectivity index (χ1v) is 14.5. The van der Waals surface area contributed by atoms with E-state index in [0.717, 1.165) is 60.8 Å². The van der Waals surface area contributed by atoms with Gasteiger partial charge in [0.1, 0.15) is 16.7 Å². The van der Waals surface area contributed by atoms with Gasteiger partial charge in [-0.3, -0.25) is 9.58 Å². The van der Waals surface area contributed by atoms with Crippen LogP contribution in [0.5, 0.6) is 0 Å². The average molecular weight is 587 g/mol. The van der Waals surface area contributed by atoms with E-state index >= 15 is 0 Å². The number of carbonyl (C=O) groups is 1. The fraction of sp³-hybridized carbons (Fsp3) is 0.393. The van der Waals surface area contributed by atoms with Crippen molar-refractivity contribution in [2.24, 2.45) is 0 Å². The van der Waals surface area contributed by atoms with Gasteiger partial charge in [-0.25, -0.2) is 14.2 Å². The number of halogens is 2. The van der Waals surface area contributed by atoms with Crippen LogP contribution in [0.4, 0.5) is 4.39 Å². The number of thioether (sulfide) groups is 1. The van der Waals surface area contributed by atoms with Crippen LogP contribution in [0.3, 0.4) is 0 Å². The Kier molecular flexibility index (Phi) is 8.77. The van der Waals surface area contributed by atoms with Gasteiger partial charge in [0, 0.05) is 36.7 Å². The number of benzene rings is 2. The summed E-state index contributed by atoms with van der Waals surface area (Å²) < 4.78 is 23.9. The summed E-state index contributed by atoms with van der Waals surface area (Å²) in [5.74, 6) is 0.205. The third kappa shape index (κ3) is 6.18. The van der Waals surface area contributed by atoms with Gasteiger partial charge in [-0.1, -0.05) is 29.4 Å². The highest BCUT2D eigenvalue weighted by molar-refractivity contribution is 7.98. The number of piperidine rings is 1. The van der Waals surface area contributed by atoms with E-state index in [-0.39, 0.29) is 23.6 Å². The molecule has 4 N–H and O–H groups in total. The maximum absolute atomic E-state index is 14.1. The van der Waals surface area contributed by atoms with E-state index in [1.807, 2.05) is 16.9 Å². The van der Waals surface area contributed by atoms with Crippen LogP contribution in [0.25, 0.3) is 11.0 Å². The fourth-order valence-corrected chi connectivity index (χ4v) is 6.20. The molecule has 0 bridgehead atoms. The Morgan fingerprint density at radius 1 is 1.15 bits per heavy atom. The maximum Gasteiger partial charge on any atom is 0.335 e. The Labute approximate surface area is 240 Å². The van der Waals surface area contributed by atoms with Crippen molar-refractivity contribution < 1.29 is 19.0 Å². The summed E-state index contributed by atoms with van der Waals surface area (Å²) >= 11 is 7.37. The van der Waals surface area contributed by atoms with Crippen LogP contribution in [0, 0.1) is 5.82 Å². The van der Waals surface area contributed by atoms with Crippen molar-refractivity contribution in [3.8, 4) is 0 Å². The van der Waals surface area contributed by atoms with Gasteiger partial charge in [-0.2, -0.15) is 5.10 Å². The van der Waals surface area contributed by atoms with Crippen molar-refractivity contribution in [2.75, 3.05) is 19.7 Å². The molecule has 4 heterocycles. The number of hydrogen-bond donors (Lipinski definition) is 2. The minimum Gasteiger partial charge on any atom is -0.478 e. The van der Waals surface area contributed by atoms with Crippen LogP contribution >= 0.6 is 23.4 Å². The Balaban J connectivity index is 0.00000323. The molecule has 12 heteroatoms. The maximum atomic E-state index is 14.1. The quantitative estimate of drug-likeness (QED) is 0.236. The molecule has 0 aliphatic carbocycles. The van der Waals surface area contributed by atoms with E-state index in [2.05, 4.69) is 9.47 Å². The average Bonchev–Trinajstić information content (AvgIpc) is 3.50. The Morgan fingerprint density at radius 3 is 2.65 bits per heavy atom. The van der Waals surface area contributed by atoms with Crippen molar-refractivity contribution in [1.82, 2.24) is 30.4 Å². The first kappa shape index (κ1) is 28.6. The third-order valence-electron chi connectivity index (χ3n) is 7.52. The van der Waals surface area contributed by atoms with Gasteiger partial charge in [-0.15, -0.1) is 0 Å². The molecule has 0 saturated carbocycles. The zero-order valence-electron chi connectivity index (χ0n) is 22.0. The summed E-state index contributed by atoms with van der Waals surface area (Å²) in [5, 5.41) is 15.5. The van der Waals surface area contributed by atoms with Crippen LogP contribution < -0.4 is 6.15 Å². The highest BCUT2D eigenvalue weighted by Crippen LogP contribution is 2.29. The van der Waals surface area contributed by atoms with Gasteiger partial charge in [0.05, 0.1) is 41.8 Å². The normalized spacial score (nSPS) is 18.0. The second kappa shape index (κ2) is 12.3. The highest BCUT2D eigenvalue weighted by Gasteiger charge is 2.26. The number of nitrogens with zero attached hydrogens (tertiary/aromatic N) is 5. The lowest BCUT2D eigenvalue weighted by atomic mass is 10.1. The summed E-state index contributed by atoms with van der Waals surface area (Å²) in [4.78, 5) is 18.8. The molecule has 0 amide bonds. The van der Waals surface area contributed by atoms with Crippen LogP contribution in [-0.2, 0) is 23.6 Å². The van der Waals surface area contributed by atoms with Crippen molar-refractivity contribution >= 4 is 40.4 Å². The van der Waals surface area contributed by atoms with Gasteiger partial charge in [-0.05, 0) is 61.2 Å². The number of fused-ring (bicyclic) bond motifs is 1. The zero-order valence-corrected chi connectivity index (χ0v) is 23.6. The molecule has 0 unspecified atom stereocenters. The highest BCUT2D eigenvalue weighted by atomic mass is 35.5. The van der Waals surface area contributed by atoms with Gasteiger partial charge in [0.2, 0.25) is 0 Å². The first-order valence-electron chi connectivity index (χ1n) is 13.1. The number of carboxylic acid groups (broad SMARTS) is 1. The molecule has 212 valence electrons. The lowest BCUT2D eigenvalue weighted by molar-refractivity contribution is -0.0592. The third-order valence-corrected chi connectivity index (χ3v) is 8.73. The van der Waals surface area contributed by atoms with E-state index in [1.165, 1.54) is 17.8 Å². The monoisotopic (exact) mass is 586 g/mol. The summed E-state index contributed by atoms with van der Waals surface area (Å²) in [6.45, 7) is 3.97. The Morgan fingerprint density at radius 2 is 1.95 bits per heavy atom. The fourth-order valence-electron chi connectivity index (χ4n) is 5.20. The summed E-state index contributed by atoms with van der Waals surface area (Å²) in [6.07, 6.45) is 5.09. The summed E-state index contributed by atoms with van der Waals surface area (Å²) in [6, 6.07) is 12.2. The van der Waals surface area contributed by atoms with Crippen molar-refractivity contribution in [1.29, 1.82) is 0 Å². The molecule has 2 aromatic carbocycles. The van der Waals surface area contributed by atoms with Crippen LogP contribution in [0.15, 0.2) is 53.7 Å². The molecule has 0 spiro atoms. The van der Waals surface area contributed by atoms with Crippen LogP contribution in [0.2, 0.25) is 5.02 Å². The number of carboxylic acids is 1. The predicted octanol–water partition coefficient (Wildman–Crippen LogP) is 5.80. The summed E-state index contributed by atoms with van der Waals surface area (Å²) in [5.41, 5.74) is 2.53. The zero-order chi connectivity index (χ0) is 26.9. The largest absolute Gasteiger partial charge is 0.478 e. The number of rotatable bonds is 9. The predicted molar refractivity (Wildman–Crippen MR) is 153 cm³/mol. The molecule has 2 aromatic heterocycles. The molecule has 6 rings (SSSR count). The van der Waals surface area contributed by atoms with Crippen molar-refractivity contribution in [3.63, 3.8) is 0 Å². The van der Waals surface area contributed by atoms with Gasteiger partial charge >= 0.3 is 5.97 Å². The van der Waals surface area contributed by atoms with Crippen LogP contribution in [-0.4, -0.2) is 61.1 Å². The van der Waals surface area contributed by atoms with Gasteiger partial charge in [0.25, 0.3) is 0 Å². The van der Waals surface area contributed by atoms with Crippen LogP contribution in [0.1, 0.15) is 47.1 Å². The van der Waals surface area contributed by atoms with Crippen molar-refractivity contribution in [2.45, 2.75) is 55.3 Å². The van der Waals surface area contributed by atoms with E-state index in [9.17, 15) is 14.3 Å². The molecular formula is C28H32ClFN6O3S. The molecule has 0 radical (unpaired) electrons. The number of aromatic nitrogens is 4. The molecule has 2 saturated heterocycles. The van der Waals surface area contributed by atoms with E-state index in [1.54, 1.807) is 30.3 Å². The molecule has 40 heavy (non-hydrogen) atoms. The van der Waals surface area contributed by atoms with E-state index < -0.39 is 5.97 Å². The lowest BCUT2D eigenvalue weighted by Crippen LogP contribution is -2.36. The smallest absolute Gasteiger partial charge is 0.335 e. The standard InChI is InChI=1S/C28H29ClFN5O3S.H3N/c29-20-3-1-19(23(30)14-20)17-39-27-7-11-35(32-27)21-5-9-33(10-6-21)16-26-31-24-4-2-18(28(36)37)13-25(24)34(26)15-22-8-12-38-22;/h1-4,7,11,13-14,21-22H,5-6,8-10,12,15-17H2,(H,36,37);1H3/t22-;/m0./s1. The minimum absolute atomic E-state index is 0. The van der Waals surface area contributed by atoms with Gasteiger partial charge in [0.15, 0.2) is 0 Å². The second-order valence-corrected chi connectivity index (χ2v) is 11.5. The Hall–Kier alpha value is -2.96. The molecule has 2 fully saturated rings. The molecule has 9 nitrogen and oxygen atoms in total. The topological polar surface area (TPSA) is 120 Å². The number of imidazole rings is 1. The van der Waals surface area contributed by atoms with E-state index in [4.69, 9.17) is 26.4 Å². The SMILES string of the molecule is N.O=C(O)c1ccc2nc(CN3CCC(n4ccc(SCc5ccc(Cl)cc5F)n4)CC3)n(C[C@@H]3CCO3)c2c1. The molecule has 1 atom stereocenters. The van der Waals surface area contributed by atoms with E-state index in [0.29, 0.717) is 35.5 Å². The molecule has 2 aliphatic heterocycles. The number of hydrogen-bond acceptors (Lipinski definition) is 7. The lowest BCUT2D eigenvalue weighted by Gasteiger charge is -2.32. The number of likely N-dealkylation sites (tertiary alicyclic amines) is 1. The summed E-state index contributed by atoms with van der Waals surface area (Å²) in [7, 11) is 0. The second-order valence-electron chi connectivity index (χ2n) is 10.1.